The molecule has 1 rings (SSSR count). The van der Waals surface area contributed by atoms with Crippen LogP contribution in [0.3, 0.4) is 0 Å². The van der Waals surface area contributed by atoms with E-state index in [2.05, 4.69) is 0 Å². The van der Waals surface area contributed by atoms with Crippen molar-refractivity contribution in [3.05, 3.63) is 11.6 Å². The van der Waals surface area contributed by atoms with Crippen molar-refractivity contribution in [1.82, 2.24) is 0 Å². The monoisotopic (exact) mass is 170 g/mol. The number of esters is 1. The Kier molecular flexibility index (Phi) is 2.87. The van der Waals surface area contributed by atoms with E-state index in [0.717, 1.165) is 12.0 Å². The Labute approximate surface area is 72.0 Å². The molecule has 0 spiro atoms. The Morgan fingerprint density at radius 2 is 2.42 bits per heavy atom. The summed E-state index contributed by atoms with van der Waals surface area (Å²) >= 11 is 0. The largest absolute Gasteiger partial charge is 0.462 e. The molecule has 0 radical (unpaired) electrons. The summed E-state index contributed by atoms with van der Waals surface area (Å²) in [6, 6.07) is 0. The predicted molar refractivity (Wildman–Crippen MR) is 44.6 cm³/mol. The first-order valence-electron chi connectivity index (χ1n) is 4.11. The number of carbonyl (C=O) groups excluding carboxylic acids is 1. The number of hydrogen-bond acceptors (Lipinski definition) is 3. The molecule has 3 nitrogen and oxygen atoms in total. The summed E-state index contributed by atoms with van der Waals surface area (Å²) in [4.78, 5) is 10.6. The van der Waals surface area contributed by atoms with Gasteiger partial charge in [-0.15, -0.1) is 0 Å². The number of ether oxygens (including phenoxy) is 1. The minimum absolute atomic E-state index is 0.138. The van der Waals surface area contributed by atoms with Gasteiger partial charge in [0.25, 0.3) is 0 Å². The van der Waals surface area contributed by atoms with Crippen LogP contribution in [0.15, 0.2) is 11.6 Å². The number of aliphatic hydroxyl groups is 1. The molecule has 1 aliphatic carbocycles. The van der Waals surface area contributed by atoms with Gasteiger partial charge in [0.2, 0.25) is 0 Å². The van der Waals surface area contributed by atoms with E-state index in [1.807, 2.05) is 13.0 Å². The molecule has 0 unspecified atom stereocenters. The normalized spacial score (nSPS) is 29.4. The van der Waals surface area contributed by atoms with Gasteiger partial charge in [-0.1, -0.05) is 6.08 Å². The van der Waals surface area contributed by atoms with Gasteiger partial charge in [0.05, 0.1) is 6.10 Å². The Morgan fingerprint density at radius 1 is 1.75 bits per heavy atom. The molecule has 0 amide bonds. The van der Waals surface area contributed by atoms with Crippen molar-refractivity contribution < 1.29 is 14.6 Å². The minimum atomic E-state index is -0.442. The second kappa shape index (κ2) is 3.72. The van der Waals surface area contributed by atoms with Crippen LogP contribution in [0.25, 0.3) is 0 Å². The average Bonchev–Trinajstić information content (AvgIpc) is 1.96. The molecule has 0 aromatic heterocycles. The lowest BCUT2D eigenvalue weighted by Crippen LogP contribution is -2.26. The molecule has 3 heteroatoms. The van der Waals surface area contributed by atoms with Crippen LogP contribution in [0.1, 0.15) is 26.7 Å². The lowest BCUT2D eigenvalue weighted by molar-refractivity contribution is -0.147. The maximum Gasteiger partial charge on any atom is 0.302 e. The van der Waals surface area contributed by atoms with E-state index < -0.39 is 6.10 Å². The van der Waals surface area contributed by atoms with Crippen molar-refractivity contribution in [2.75, 3.05) is 0 Å². The maximum absolute atomic E-state index is 10.6. The summed E-state index contributed by atoms with van der Waals surface area (Å²) < 4.78 is 4.97. The molecule has 2 atom stereocenters. The van der Waals surface area contributed by atoms with Crippen LogP contribution < -0.4 is 0 Å². The van der Waals surface area contributed by atoms with Crippen molar-refractivity contribution in [1.29, 1.82) is 0 Å². The summed E-state index contributed by atoms with van der Waals surface area (Å²) in [7, 11) is 0. The number of rotatable bonds is 1. The summed E-state index contributed by atoms with van der Waals surface area (Å²) in [6.45, 7) is 3.27. The van der Waals surface area contributed by atoms with E-state index >= 15 is 0 Å². The number of hydrogen-bond donors (Lipinski definition) is 1. The van der Waals surface area contributed by atoms with Gasteiger partial charge in [0.15, 0.2) is 0 Å². The van der Waals surface area contributed by atoms with Crippen LogP contribution in [-0.2, 0) is 9.53 Å². The molecule has 0 aliphatic heterocycles. The zero-order valence-electron chi connectivity index (χ0n) is 7.41. The van der Waals surface area contributed by atoms with Gasteiger partial charge >= 0.3 is 5.97 Å². The third kappa shape index (κ3) is 2.34. The SMILES string of the molecule is CC(=O)O[C@H]1CC=C(C)[C@H](O)C1. The molecule has 12 heavy (non-hydrogen) atoms. The third-order valence-electron chi connectivity index (χ3n) is 2.05. The molecule has 1 aliphatic rings. The molecular weight excluding hydrogens is 156 g/mol. The quantitative estimate of drug-likeness (QED) is 0.472. The van der Waals surface area contributed by atoms with E-state index in [9.17, 15) is 9.90 Å². The number of carbonyl (C=O) groups is 1. The fraction of sp³-hybridized carbons (Fsp3) is 0.667. The van der Waals surface area contributed by atoms with Crippen molar-refractivity contribution in [2.24, 2.45) is 0 Å². The Morgan fingerprint density at radius 3 is 2.92 bits per heavy atom. The highest BCUT2D eigenvalue weighted by molar-refractivity contribution is 5.66. The lowest BCUT2D eigenvalue weighted by Gasteiger charge is -2.24. The molecule has 0 saturated heterocycles. The van der Waals surface area contributed by atoms with Crippen LogP contribution >= 0.6 is 0 Å². The fourth-order valence-corrected chi connectivity index (χ4v) is 1.32. The third-order valence-corrected chi connectivity index (χ3v) is 2.05. The van der Waals surface area contributed by atoms with Crippen LogP contribution in [0, 0.1) is 0 Å². The van der Waals surface area contributed by atoms with E-state index in [0.29, 0.717) is 6.42 Å². The van der Waals surface area contributed by atoms with Crippen molar-refractivity contribution in [3.63, 3.8) is 0 Å². The predicted octanol–water partition coefficient (Wildman–Crippen LogP) is 1.02. The van der Waals surface area contributed by atoms with Gasteiger partial charge < -0.3 is 9.84 Å². The van der Waals surface area contributed by atoms with Gasteiger partial charge in [-0.3, -0.25) is 4.79 Å². The number of aliphatic hydroxyl groups excluding tert-OH is 1. The molecule has 68 valence electrons. The van der Waals surface area contributed by atoms with Gasteiger partial charge in [-0.2, -0.15) is 0 Å². The molecule has 0 heterocycles. The minimum Gasteiger partial charge on any atom is -0.462 e. The van der Waals surface area contributed by atoms with Crippen LogP contribution in [-0.4, -0.2) is 23.3 Å². The highest BCUT2D eigenvalue weighted by Gasteiger charge is 2.21. The smallest absolute Gasteiger partial charge is 0.302 e. The zero-order chi connectivity index (χ0) is 9.14. The summed E-state index contributed by atoms with van der Waals surface area (Å²) in [5.74, 6) is -0.278. The average molecular weight is 170 g/mol. The highest BCUT2D eigenvalue weighted by Crippen LogP contribution is 2.20. The highest BCUT2D eigenvalue weighted by atomic mass is 16.5. The molecule has 0 aromatic rings. The Balaban J connectivity index is 2.47. The lowest BCUT2D eigenvalue weighted by atomic mass is 9.95. The first-order valence-corrected chi connectivity index (χ1v) is 4.11. The molecule has 0 bridgehead atoms. The van der Waals surface area contributed by atoms with E-state index in [1.54, 1.807) is 0 Å². The van der Waals surface area contributed by atoms with Crippen LogP contribution in [0.5, 0.6) is 0 Å². The fourth-order valence-electron chi connectivity index (χ4n) is 1.32. The molecule has 0 saturated carbocycles. The van der Waals surface area contributed by atoms with Crippen molar-refractivity contribution in [2.45, 2.75) is 38.9 Å². The van der Waals surface area contributed by atoms with Crippen LogP contribution in [0.2, 0.25) is 0 Å². The first-order chi connectivity index (χ1) is 5.59. The molecule has 1 N–H and O–H groups in total. The first kappa shape index (κ1) is 9.26. The van der Waals surface area contributed by atoms with Crippen molar-refractivity contribution >= 4 is 5.97 Å². The zero-order valence-corrected chi connectivity index (χ0v) is 7.41. The summed E-state index contributed by atoms with van der Waals surface area (Å²) in [5, 5.41) is 9.40. The van der Waals surface area contributed by atoms with E-state index in [-0.39, 0.29) is 12.1 Å². The Bertz CT molecular complexity index is 208. The van der Waals surface area contributed by atoms with E-state index in [4.69, 9.17) is 4.74 Å². The second-order valence-electron chi connectivity index (χ2n) is 3.17. The standard InChI is InChI=1S/C9H14O3/c1-6-3-4-8(5-9(6)11)12-7(2)10/h3,8-9,11H,4-5H2,1-2H3/t8-,9+/m0/s1. The molecular formula is C9H14O3. The van der Waals surface area contributed by atoms with Gasteiger partial charge in [-0.05, 0) is 12.5 Å². The maximum atomic E-state index is 10.6. The van der Waals surface area contributed by atoms with Crippen LogP contribution in [0.4, 0.5) is 0 Å². The van der Waals surface area contributed by atoms with E-state index in [1.165, 1.54) is 6.92 Å². The molecule has 0 aromatic carbocycles. The van der Waals surface area contributed by atoms with Crippen molar-refractivity contribution in [3.8, 4) is 0 Å². The topological polar surface area (TPSA) is 46.5 Å². The summed E-state index contributed by atoms with van der Waals surface area (Å²) in [5.41, 5.74) is 0.971. The van der Waals surface area contributed by atoms with Gasteiger partial charge in [-0.25, -0.2) is 0 Å². The summed E-state index contributed by atoms with van der Waals surface area (Å²) in [6.07, 6.45) is 2.59. The Hall–Kier alpha value is -0.830. The second-order valence-corrected chi connectivity index (χ2v) is 3.17. The molecule has 0 fully saturated rings. The van der Waals surface area contributed by atoms with Gasteiger partial charge in [0, 0.05) is 19.8 Å². The van der Waals surface area contributed by atoms with Gasteiger partial charge in [0.1, 0.15) is 6.10 Å².